The average Bonchev–Trinajstić information content (AvgIpc) is 1.78. The van der Waals surface area contributed by atoms with Gasteiger partial charge in [-0.1, -0.05) is 0 Å². The fraction of sp³-hybridized carbons (Fsp3) is 0.750. The summed E-state index contributed by atoms with van der Waals surface area (Å²) >= 11 is 0. The van der Waals surface area contributed by atoms with Crippen molar-refractivity contribution in [2.24, 2.45) is 11.8 Å². The van der Waals surface area contributed by atoms with Gasteiger partial charge in [0.25, 0.3) is 0 Å². The van der Waals surface area contributed by atoms with Gasteiger partial charge in [-0.2, -0.15) is 0 Å². The number of rotatable bonds is 0. The second-order valence-corrected chi connectivity index (χ2v) is 3.22. The summed E-state index contributed by atoms with van der Waals surface area (Å²) in [6.07, 6.45) is 2.96. The minimum atomic E-state index is 0.140. The molecule has 2 aliphatic carbocycles. The SMILES string of the molecule is O=C1CCC(=O)[C@@H]2CC[C@H]12. The predicted octanol–water partition coefficient (Wildman–Crippen LogP) is 0.945. The molecule has 2 heteroatoms. The Hall–Kier alpha value is -0.660. The molecule has 0 N–H and O–H groups in total. The molecule has 2 atom stereocenters. The third-order valence-corrected chi connectivity index (χ3v) is 2.72. The maximum atomic E-state index is 11.0. The molecule has 0 aromatic carbocycles. The summed E-state index contributed by atoms with van der Waals surface area (Å²) in [6.45, 7) is 0. The standard InChI is InChI=1S/C8H10O2/c9-7-3-4-8(10)6-2-1-5(6)7/h5-6H,1-4H2/t5-,6+. The van der Waals surface area contributed by atoms with Crippen molar-refractivity contribution in [2.75, 3.05) is 0 Å². The third kappa shape index (κ3) is 0.648. The van der Waals surface area contributed by atoms with Gasteiger partial charge in [0.1, 0.15) is 11.6 Å². The van der Waals surface area contributed by atoms with Crippen molar-refractivity contribution in [2.45, 2.75) is 25.7 Å². The molecule has 10 heavy (non-hydrogen) atoms. The highest BCUT2D eigenvalue weighted by molar-refractivity contribution is 5.97. The molecule has 0 unspecified atom stereocenters. The fourth-order valence-electron chi connectivity index (χ4n) is 1.89. The van der Waals surface area contributed by atoms with E-state index in [0.717, 1.165) is 12.8 Å². The van der Waals surface area contributed by atoms with E-state index >= 15 is 0 Å². The minimum absolute atomic E-state index is 0.140. The molecule has 0 aromatic rings. The number of carbonyl (C=O) groups is 2. The van der Waals surface area contributed by atoms with Gasteiger partial charge in [-0.3, -0.25) is 9.59 Å². The molecule has 0 heterocycles. The first-order valence-corrected chi connectivity index (χ1v) is 3.84. The largest absolute Gasteiger partial charge is 0.299 e. The van der Waals surface area contributed by atoms with Crippen LogP contribution >= 0.6 is 0 Å². The minimum Gasteiger partial charge on any atom is -0.299 e. The fourth-order valence-corrected chi connectivity index (χ4v) is 1.89. The third-order valence-electron chi connectivity index (χ3n) is 2.72. The van der Waals surface area contributed by atoms with Crippen molar-refractivity contribution in [1.82, 2.24) is 0 Å². The topological polar surface area (TPSA) is 34.1 Å². The van der Waals surface area contributed by atoms with Crippen LogP contribution in [0.2, 0.25) is 0 Å². The average molecular weight is 138 g/mol. The van der Waals surface area contributed by atoms with E-state index in [4.69, 9.17) is 0 Å². The Morgan fingerprint density at radius 1 is 0.900 bits per heavy atom. The van der Waals surface area contributed by atoms with E-state index in [1.807, 2.05) is 0 Å². The molecule has 0 spiro atoms. The summed E-state index contributed by atoms with van der Waals surface area (Å²) in [6, 6.07) is 0. The highest BCUT2D eigenvalue weighted by atomic mass is 16.1. The number of hydrogen-bond acceptors (Lipinski definition) is 2. The van der Waals surface area contributed by atoms with Gasteiger partial charge in [-0.25, -0.2) is 0 Å². The van der Waals surface area contributed by atoms with Crippen LogP contribution in [0.1, 0.15) is 25.7 Å². The van der Waals surface area contributed by atoms with Crippen LogP contribution in [0.25, 0.3) is 0 Å². The lowest BCUT2D eigenvalue weighted by Crippen LogP contribution is -2.42. The van der Waals surface area contributed by atoms with Gasteiger partial charge in [-0.05, 0) is 12.8 Å². The normalized spacial score (nSPS) is 38.8. The van der Waals surface area contributed by atoms with Gasteiger partial charge in [0.05, 0.1) is 0 Å². The second kappa shape index (κ2) is 1.91. The number of ketones is 2. The molecule has 0 radical (unpaired) electrons. The van der Waals surface area contributed by atoms with Crippen LogP contribution in [-0.2, 0) is 9.59 Å². The number of hydrogen-bond donors (Lipinski definition) is 0. The predicted molar refractivity (Wildman–Crippen MR) is 35.5 cm³/mol. The van der Waals surface area contributed by atoms with Crippen LogP contribution in [0.3, 0.4) is 0 Å². The number of Topliss-reactive ketones (excluding diaryl/α,β-unsaturated/α-hetero) is 2. The lowest BCUT2D eigenvalue weighted by Gasteiger charge is -2.37. The highest BCUT2D eigenvalue weighted by Crippen LogP contribution is 2.40. The molecular formula is C8H10O2. The Bertz CT molecular complexity index is 173. The zero-order valence-electron chi connectivity index (χ0n) is 5.80. The summed E-state index contributed by atoms with van der Waals surface area (Å²) in [7, 11) is 0. The van der Waals surface area contributed by atoms with Gasteiger partial charge >= 0.3 is 0 Å². The van der Waals surface area contributed by atoms with E-state index in [2.05, 4.69) is 0 Å². The summed E-state index contributed by atoms with van der Waals surface area (Å²) in [5.41, 5.74) is 0. The lowest BCUT2D eigenvalue weighted by atomic mass is 9.64. The van der Waals surface area contributed by atoms with Crippen LogP contribution in [-0.4, -0.2) is 11.6 Å². The molecule has 0 aromatic heterocycles. The van der Waals surface area contributed by atoms with Crippen molar-refractivity contribution >= 4 is 11.6 Å². The van der Waals surface area contributed by atoms with Gasteiger partial charge in [-0.15, -0.1) is 0 Å². The summed E-state index contributed by atoms with van der Waals surface area (Å²) in [4.78, 5) is 22.1. The van der Waals surface area contributed by atoms with Crippen LogP contribution in [0, 0.1) is 11.8 Å². The van der Waals surface area contributed by atoms with E-state index in [1.165, 1.54) is 0 Å². The quantitative estimate of drug-likeness (QED) is 0.499. The molecule has 2 nitrogen and oxygen atoms in total. The summed E-state index contributed by atoms with van der Waals surface area (Å²) in [5.74, 6) is 0.939. The van der Waals surface area contributed by atoms with Crippen LogP contribution in [0.15, 0.2) is 0 Å². The van der Waals surface area contributed by atoms with E-state index < -0.39 is 0 Å². The van der Waals surface area contributed by atoms with Crippen LogP contribution in [0.4, 0.5) is 0 Å². The molecule has 2 aliphatic rings. The Morgan fingerprint density at radius 3 is 1.60 bits per heavy atom. The van der Waals surface area contributed by atoms with Crippen molar-refractivity contribution < 1.29 is 9.59 Å². The molecule has 0 saturated heterocycles. The summed E-state index contributed by atoms with van der Waals surface area (Å²) in [5, 5.41) is 0. The Balaban J connectivity index is 2.16. The monoisotopic (exact) mass is 138 g/mol. The van der Waals surface area contributed by atoms with E-state index in [0.29, 0.717) is 24.4 Å². The van der Waals surface area contributed by atoms with Crippen LogP contribution < -0.4 is 0 Å². The Labute approximate surface area is 59.6 Å². The van der Waals surface area contributed by atoms with Gasteiger partial charge in [0.2, 0.25) is 0 Å². The molecule has 0 amide bonds. The van der Waals surface area contributed by atoms with Crippen molar-refractivity contribution in [3.05, 3.63) is 0 Å². The molecule has 2 fully saturated rings. The van der Waals surface area contributed by atoms with E-state index in [1.54, 1.807) is 0 Å². The van der Waals surface area contributed by atoms with E-state index in [-0.39, 0.29) is 11.8 Å². The molecule has 2 rings (SSSR count). The molecule has 54 valence electrons. The van der Waals surface area contributed by atoms with Gasteiger partial charge in [0, 0.05) is 24.7 Å². The first-order chi connectivity index (χ1) is 4.79. The number of carbonyl (C=O) groups excluding carboxylic acids is 2. The van der Waals surface area contributed by atoms with Gasteiger partial charge in [0.15, 0.2) is 0 Å². The molecular weight excluding hydrogens is 128 g/mol. The highest BCUT2D eigenvalue weighted by Gasteiger charge is 2.43. The molecule has 2 saturated carbocycles. The maximum Gasteiger partial charge on any atom is 0.137 e. The molecule has 0 aliphatic heterocycles. The van der Waals surface area contributed by atoms with Crippen LogP contribution in [0.5, 0.6) is 0 Å². The first-order valence-electron chi connectivity index (χ1n) is 3.84. The molecule has 0 bridgehead atoms. The Kier molecular flexibility index (Phi) is 1.16. The maximum absolute atomic E-state index is 11.0. The van der Waals surface area contributed by atoms with Crippen molar-refractivity contribution in [3.63, 3.8) is 0 Å². The summed E-state index contributed by atoms with van der Waals surface area (Å²) < 4.78 is 0. The Morgan fingerprint density at radius 2 is 1.30 bits per heavy atom. The lowest BCUT2D eigenvalue weighted by molar-refractivity contribution is -0.143. The van der Waals surface area contributed by atoms with Gasteiger partial charge < -0.3 is 0 Å². The smallest absolute Gasteiger partial charge is 0.137 e. The second-order valence-electron chi connectivity index (χ2n) is 3.22. The first kappa shape index (κ1) is 6.08. The zero-order chi connectivity index (χ0) is 7.14. The van der Waals surface area contributed by atoms with Crippen molar-refractivity contribution in [1.29, 1.82) is 0 Å². The van der Waals surface area contributed by atoms with E-state index in [9.17, 15) is 9.59 Å². The van der Waals surface area contributed by atoms with Crippen molar-refractivity contribution in [3.8, 4) is 0 Å². The number of fused-ring (bicyclic) bond motifs is 1. The zero-order valence-corrected chi connectivity index (χ0v) is 5.80.